The SMILES string of the molecule is CC(=O)C1CCC[C@]23CCC4C(CC[C@H]5C[C@H](O)CC[C@]45C)C2CCC13. The van der Waals surface area contributed by atoms with E-state index < -0.39 is 0 Å². The van der Waals surface area contributed by atoms with Gasteiger partial charge in [0, 0.05) is 5.92 Å². The van der Waals surface area contributed by atoms with E-state index in [2.05, 4.69) is 6.92 Å². The fourth-order valence-corrected chi connectivity index (χ4v) is 9.52. The lowest BCUT2D eigenvalue weighted by Crippen LogP contribution is -2.55. The highest BCUT2D eigenvalue weighted by Crippen LogP contribution is 2.70. The minimum absolute atomic E-state index is 0.0370. The summed E-state index contributed by atoms with van der Waals surface area (Å²) in [5.74, 6) is 5.03. The van der Waals surface area contributed by atoms with Crippen LogP contribution in [0, 0.1) is 46.3 Å². The predicted octanol–water partition coefficient (Wildman–Crippen LogP) is 5.38. The molecule has 0 heterocycles. The molecule has 5 saturated carbocycles. The Morgan fingerprint density at radius 2 is 1.69 bits per heavy atom. The van der Waals surface area contributed by atoms with E-state index >= 15 is 0 Å². The first-order valence-electron chi connectivity index (χ1n) is 11.6. The molecule has 0 aromatic carbocycles. The van der Waals surface area contributed by atoms with Gasteiger partial charge in [0.1, 0.15) is 5.78 Å². The molecule has 5 aliphatic rings. The molecule has 146 valence electrons. The Morgan fingerprint density at radius 1 is 0.885 bits per heavy atom. The van der Waals surface area contributed by atoms with Gasteiger partial charge in [0.25, 0.3) is 0 Å². The van der Waals surface area contributed by atoms with E-state index in [1.165, 1.54) is 64.2 Å². The van der Waals surface area contributed by atoms with Crippen molar-refractivity contribution >= 4 is 5.78 Å². The molecular weight excluding hydrogens is 320 g/mol. The molecule has 5 fully saturated rings. The number of ketones is 1. The lowest BCUT2D eigenvalue weighted by atomic mass is 9.43. The van der Waals surface area contributed by atoms with Gasteiger partial charge in [0.15, 0.2) is 0 Å². The first-order chi connectivity index (χ1) is 12.5. The van der Waals surface area contributed by atoms with Crippen LogP contribution >= 0.6 is 0 Å². The van der Waals surface area contributed by atoms with E-state index in [0.717, 1.165) is 36.5 Å². The van der Waals surface area contributed by atoms with Crippen LogP contribution in [0.2, 0.25) is 0 Å². The molecular formula is C24H38O2. The Balaban J connectivity index is 1.44. The fraction of sp³-hybridized carbons (Fsp3) is 0.958. The normalized spacial score (nSPS) is 56.0. The van der Waals surface area contributed by atoms with Crippen molar-refractivity contribution in [1.29, 1.82) is 0 Å². The van der Waals surface area contributed by atoms with Gasteiger partial charge < -0.3 is 5.11 Å². The second-order valence-corrected chi connectivity index (χ2v) is 11.2. The molecule has 0 radical (unpaired) electrons. The van der Waals surface area contributed by atoms with Gasteiger partial charge in [0.2, 0.25) is 0 Å². The number of carbonyl (C=O) groups excluding carboxylic acids is 1. The summed E-state index contributed by atoms with van der Waals surface area (Å²) in [4.78, 5) is 12.3. The van der Waals surface area contributed by atoms with Crippen LogP contribution in [0.1, 0.15) is 90.9 Å². The van der Waals surface area contributed by atoms with Gasteiger partial charge in [-0.3, -0.25) is 4.79 Å². The highest BCUT2D eigenvalue weighted by molar-refractivity contribution is 5.78. The average molecular weight is 359 g/mol. The van der Waals surface area contributed by atoms with Crippen LogP contribution < -0.4 is 0 Å². The van der Waals surface area contributed by atoms with Gasteiger partial charge in [0.05, 0.1) is 6.10 Å². The summed E-state index contributed by atoms with van der Waals surface area (Å²) in [5.41, 5.74) is 1.00. The van der Waals surface area contributed by atoms with E-state index in [9.17, 15) is 9.90 Å². The molecule has 5 unspecified atom stereocenters. The maximum Gasteiger partial charge on any atom is 0.133 e. The lowest BCUT2D eigenvalue weighted by molar-refractivity contribution is -0.147. The molecule has 5 rings (SSSR count). The maximum atomic E-state index is 12.3. The maximum absolute atomic E-state index is 12.3. The number of fused-ring (bicyclic) bond motifs is 4. The largest absolute Gasteiger partial charge is 0.393 e. The molecule has 1 spiro atoms. The molecule has 1 N–H and O–H groups in total. The number of Topliss-reactive ketones (excluding diaryl/α,β-unsaturated/α-hetero) is 1. The Kier molecular flexibility index (Phi) is 4.13. The molecule has 0 aliphatic heterocycles. The van der Waals surface area contributed by atoms with Crippen molar-refractivity contribution in [2.24, 2.45) is 46.3 Å². The third-order valence-electron chi connectivity index (χ3n) is 10.6. The van der Waals surface area contributed by atoms with Crippen LogP contribution in [-0.2, 0) is 4.79 Å². The van der Waals surface area contributed by atoms with Crippen molar-refractivity contribution in [1.82, 2.24) is 0 Å². The van der Waals surface area contributed by atoms with Crippen LogP contribution in [0.25, 0.3) is 0 Å². The second kappa shape index (κ2) is 6.06. The van der Waals surface area contributed by atoms with Crippen molar-refractivity contribution in [2.75, 3.05) is 0 Å². The number of aliphatic hydroxyl groups is 1. The van der Waals surface area contributed by atoms with Crippen molar-refractivity contribution in [3.8, 4) is 0 Å². The second-order valence-electron chi connectivity index (χ2n) is 11.2. The van der Waals surface area contributed by atoms with E-state index in [0.29, 0.717) is 28.4 Å². The van der Waals surface area contributed by atoms with E-state index in [1.54, 1.807) is 0 Å². The van der Waals surface area contributed by atoms with Gasteiger partial charge in [-0.2, -0.15) is 0 Å². The minimum atomic E-state index is -0.0370. The summed E-state index contributed by atoms with van der Waals surface area (Å²) < 4.78 is 0. The fourth-order valence-electron chi connectivity index (χ4n) is 9.52. The van der Waals surface area contributed by atoms with Crippen LogP contribution in [0.5, 0.6) is 0 Å². The van der Waals surface area contributed by atoms with Crippen LogP contribution in [0.4, 0.5) is 0 Å². The van der Waals surface area contributed by atoms with Crippen molar-refractivity contribution < 1.29 is 9.90 Å². The number of carbonyl (C=O) groups is 1. The Labute approximate surface area is 159 Å². The smallest absolute Gasteiger partial charge is 0.133 e. The molecule has 9 atom stereocenters. The van der Waals surface area contributed by atoms with Gasteiger partial charge in [-0.25, -0.2) is 0 Å². The quantitative estimate of drug-likeness (QED) is 0.683. The number of rotatable bonds is 1. The molecule has 2 nitrogen and oxygen atoms in total. The summed E-state index contributed by atoms with van der Waals surface area (Å²) >= 11 is 0. The predicted molar refractivity (Wildman–Crippen MR) is 104 cm³/mol. The van der Waals surface area contributed by atoms with Crippen LogP contribution in [-0.4, -0.2) is 17.0 Å². The molecule has 0 bridgehead atoms. The summed E-state index contributed by atoms with van der Waals surface area (Å²) in [6.45, 7) is 4.45. The monoisotopic (exact) mass is 358 g/mol. The average Bonchev–Trinajstić information content (AvgIpc) is 3.02. The Hall–Kier alpha value is -0.370. The highest BCUT2D eigenvalue weighted by Gasteiger charge is 2.63. The first-order valence-corrected chi connectivity index (χ1v) is 11.6. The Bertz CT molecular complexity index is 585. The van der Waals surface area contributed by atoms with Gasteiger partial charge in [-0.1, -0.05) is 13.3 Å². The molecule has 0 amide bonds. The topological polar surface area (TPSA) is 37.3 Å². The summed E-state index contributed by atoms with van der Waals surface area (Å²) in [5, 5.41) is 10.2. The summed E-state index contributed by atoms with van der Waals surface area (Å²) in [6, 6.07) is 0. The zero-order valence-corrected chi connectivity index (χ0v) is 16.9. The van der Waals surface area contributed by atoms with Crippen LogP contribution in [0.3, 0.4) is 0 Å². The van der Waals surface area contributed by atoms with Crippen LogP contribution in [0.15, 0.2) is 0 Å². The van der Waals surface area contributed by atoms with E-state index in [4.69, 9.17) is 0 Å². The molecule has 5 aliphatic carbocycles. The molecule has 0 aromatic rings. The summed E-state index contributed by atoms with van der Waals surface area (Å²) in [7, 11) is 0. The lowest BCUT2D eigenvalue weighted by Gasteiger charge is -2.62. The zero-order valence-electron chi connectivity index (χ0n) is 16.9. The highest BCUT2D eigenvalue weighted by atomic mass is 16.3. The van der Waals surface area contributed by atoms with Crippen molar-refractivity contribution in [3.05, 3.63) is 0 Å². The molecule has 0 aromatic heterocycles. The standard InChI is InChI=1S/C24H38O2/c1-15(25)18-4-3-11-24-13-10-20-19(22(24)8-7-21(18)24)6-5-16-14-17(26)9-12-23(16,20)2/h16-22,26H,3-14H2,1-2H3/t16-,17+,18?,19?,20?,21?,22?,23-,24+/m0/s1. The minimum Gasteiger partial charge on any atom is -0.393 e. The summed E-state index contributed by atoms with van der Waals surface area (Å²) in [6.07, 6.45) is 15.5. The number of hydrogen-bond donors (Lipinski definition) is 1. The van der Waals surface area contributed by atoms with Gasteiger partial charge >= 0.3 is 0 Å². The molecule has 26 heavy (non-hydrogen) atoms. The number of hydrogen-bond acceptors (Lipinski definition) is 2. The molecule has 0 saturated heterocycles. The number of aliphatic hydroxyl groups excluding tert-OH is 1. The Morgan fingerprint density at radius 3 is 2.50 bits per heavy atom. The molecule has 2 heteroatoms. The van der Waals surface area contributed by atoms with Gasteiger partial charge in [-0.15, -0.1) is 0 Å². The third-order valence-corrected chi connectivity index (χ3v) is 10.6. The zero-order chi connectivity index (χ0) is 18.1. The van der Waals surface area contributed by atoms with E-state index in [-0.39, 0.29) is 6.10 Å². The van der Waals surface area contributed by atoms with Crippen molar-refractivity contribution in [3.63, 3.8) is 0 Å². The van der Waals surface area contributed by atoms with Gasteiger partial charge in [-0.05, 0) is 118 Å². The van der Waals surface area contributed by atoms with E-state index in [1.807, 2.05) is 6.92 Å². The van der Waals surface area contributed by atoms with Crippen molar-refractivity contribution in [2.45, 2.75) is 97.0 Å². The first kappa shape index (κ1) is 17.7. The third kappa shape index (κ3) is 2.29.